The van der Waals surface area contributed by atoms with Gasteiger partial charge in [-0.3, -0.25) is 0 Å². The van der Waals surface area contributed by atoms with Crippen molar-refractivity contribution >= 4 is 126 Å². The quantitative estimate of drug-likeness (QED) is 0.329. The molecule has 0 aromatic rings. The Bertz CT molecular complexity index is 31.5. The van der Waals surface area contributed by atoms with Gasteiger partial charge in [-0.05, 0) is 0 Å². The summed E-state index contributed by atoms with van der Waals surface area (Å²) < 4.78 is 0. The van der Waals surface area contributed by atoms with Crippen LogP contribution in [0.4, 0.5) is 0 Å². The first-order valence-electron chi connectivity index (χ1n) is 0.894. The molecule has 0 aliphatic heterocycles. The van der Waals surface area contributed by atoms with Gasteiger partial charge in [-0.15, -0.1) is 0 Å². The molecule has 0 aliphatic rings. The molecule has 0 atom stereocenters. The molecule has 0 saturated carbocycles. The second-order valence-corrected chi connectivity index (χ2v) is 1.80. The van der Waals surface area contributed by atoms with E-state index >= 15 is 0 Å². The van der Waals surface area contributed by atoms with Gasteiger partial charge in [0.15, 0.2) is 0 Å². The SMILES string of the molecule is O[Si](O)(O)O.[BaH2].[MgH2].[SrH2]. The van der Waals surface area contributed by atoms with E-state index in [2.05, 4.69) is 0 Å². The average molecular weight is 351 g/mol. The maximum absolute atomic E-state index is 7.33. The van der Waals surface area contributed by atoms with Crippen LogP contribution in [-0.4, -0.2) is 146 Å². The van der Waals surface area contributed by atoms with Crippen molar-refractivity contribution in [2.75, 3.05) is 0 Å². The molecule has 4 nitrogen and oxygen atoms in total. The summed E-state index contributed by atoms with van der Waals surface area (Å²) in [7, 11) is -4.61. The molecule has 8 heavy (non-hydrogen) atoms. The van der Waals surface area contributed by atoms with E-state index in [4.69, 9.17) is 19.2 Å². The molecule has 0 fully saturated rings. The fourth-order valence-electron chi connectivity index (χ4n) is 0. The van der Waals surface area contributed by atoms with Gasteiger partial charge in [-0.25, -0.2) is 0 Å². The van der Waals surface area contributed by atoms with Crippen LogP contribution < -0.4 is 0 Å². The molecule has 0 radical (unpaired) electrons. The molecule has 0 amide bonds. The van der Waals surface area contributed by atoms with E-state index in [-0.39, 0.29) is 117 Å². The van der Waals surface area contributed by atoms with E-state index in [1.165, 1.54) is 0 Å². The van der Waals surface area contributed by atoms with Crippen LogP contribution in [0.15, 0.2) is 0 Å². The fraction of sp³-hybridized carbons (Fsp3) is 0. The number of hydrogen-bond donors (Lipinski definition) is 4. The van der Waals surface area contributed by atoms with Crippen molar-refractivity contribution in [2.24, 2.45) is 0 Å². The minimum absolute atomic E-state index is 0. The third-order valence-electron chi connectivity index (χ3n) is 0. The summed E-state index contributed by atoms with van der Waals surface area (Å²) in [6.45, 7) is 0. The van der Waals surface area contributed by atoms with E-state index in [1.807, 2.05) is 0 Å². The monoisotopic (exact) mass is 352 g/mol. The van der Waals surface area contributed by atoms with Gasteiger partial charge in [0.2, 0.25) is 0 Å². The van der Waals surface area contributed by atoms with Gasteiger partial charge in [0, 0.05) is 0 Å². The summed E-state index contributed by atoms with van der Waals surface area (Å²) in [5.74, 6) is 0. The summed E-state index contributed by atoms with van der Waals surface area (Å²) in [5.41, 5.74) is 0. The Morgan fingerprint density at radius 2 is 0.875 bits per heavy atom. The number of hydrogen-bond acceptors (Lipinski definition) is 4. The molecule has 0 unspecified atom stereocenters. The van der Waals surface area contributed by atoms with Gasteiger partial charge in [-0.1, -0.05) is 0 Å². The van der Waals surface area contributed by atoms with Gasteiger partial charge in [0.25, 0.3) is 0 Å². The normalized spacial score (nSPS) is 7.50. The van der Waals surface area contributed by atoms with Gasteiger partial charge in [-0.2, -0.15) is 0 Å². The van der Waals surface area contributed by atoms with Crippen molar-refractivity contribution in [3.63, 3.8) is 0 Å². The van der Waals surface area contributed by atoms with Crippen LogP contribution in [0.25, 0.3) is 0 Å². The molecule has 0 spiro atoms. The van der Waals surface area contributed by atoms with Gasteiger partial charge in [0.1, 0.15) is 0 Å². The summed E-state index contributed by atoms with van der Waals surface area (Å²) >= 11 is 0. The molecule has 0 bridgehead atoms. The van der Waals surface area contributed by atoms with Crippen LogP contribution in [0.1, 0.15) is 0 Å². The molecule has 8 heteroatoms. The molecule has 0 rings (SSSR count). The Morgan fingerprint density at radius 1 is 0.875 bits per heavy atom. The molecule has 0 aromatic heterocycles. The summed E-state index contributed by atoms with van der Waals surface area (Å²) in [4.78, 5) is 29.3. The van der Waals surface area contributed by atoms with E-state index < -0.39 is 9.05 Å². The van der Waals surface area contributed by atoms with Crippen LogP contribution in [-0.2, 0) is 0 Å². The molecular formula is H10BaMgO4SiSr. The molecule has 0 saturated heterocycles. The number of rotatable bonds is 0. The molecular weight excluding hydrogens is 341 g/mol. The van der Waals surface area contributed by atoms with Crippen LogP contribution in [0, 0.1) is 0 Å². The van der Waals surface area contributed by atoms with E-state index in [1.54, 1.807) is 0 Å². The molecule has 4 N–H and O–H groups in total. The van der Waals surface area contributed by atoms with E-state index in [9.17, 15) is 0 Å². The Morgan fingerprint density at radius 3 is 0.875 bits per heavy atom. The predicted molar refractivity (Wildman–Crippen MR) is 40.3 cm³/mol. The Kier molecular flexibility index (Phi) is 30.8. The second kappa shape index (κ2) is 10.9. The molecule has 44 valence electrons. The second-order valence-electron chi connectivity index (χ2n) is 0.600. The standard InChI is InChI=1S/Ba.Mg.H4O4Si.Sr.6H/c;;1-5(2,3)4;;;;;;;/h;;1-4H;;;;;;;. The van der Waals surface area contributed by atoms with Crippen LogP contribution in [0.2, 0.25) is 0 Å². The topological polar surface area (TPSA) is 80.9 Å². The molecule has 0 aliphatic carbocycles. The Balaban J connectivity index is -0.0000000267. The predicted octanol–water partition coefficient (Wildman–Crippen LogP) is -5.36. The van der Waals surface area contributed by atoms with Crippen molar-refractivity contribution in [3.05, 3.63) is 0 Å². The van der Waals surface area contributed by atoms with Crippen molar-refractivity contribution in [3.8, 4) is 0 Å². The zero-order chi connectivity index (χ0) is 4.50. The first-order chi connectivity index (χ1) is 2.00. The van der Waals surface area contributed by atoms with Crippen LogP contribution in [0.3, 0.4) is 0 Å². The van der Waals surface area contributed by atoms with Crippen molar-refractivity contribution in [1.82, 2.24) is 0 Å². The van der Waals surface area contributed by atoms with Crippen molar-refractivity contribution < 1.29 is 19.2 Å². The van der Waals surface area contributed by atoms with Gasteiger partial charge >= 0.3 is 126 Å². The molecule has 0 aromatic carbocycles. The zero-order valence-corrected chi connectivity index (χ0v) is 3.29. The van der Waals surface area contributed by atoms with Crippen LogP contribution >= 0.6 is 0 Å². The van der Waals surface area contributed by atoms with E-state index in [0.717, 1.165) is 0 Å². The zero-order valence-electron chi connectivity index (χ0n) is 2.29. The third-order valence-corrected chi connectivity index (χ3v) is 0. The van der Waals surface area contributed by atoms with Gasteiger partial charge in [0.05, 0.1) is 0 Å². The average Bonchev–Trinajstić information content (AvgIpc) is 0.722. The van der Waals surface area contributed by atoms with Crippen molar-refractivity contribution in [2.45, 2.75) is 0 Å². The van der Waals surface area contributed by atoms with Gasteiger partial charge < -0.3 is 19.2 Å². The first-order valence-corrected chi connectivity index (χ1v) is 2.68. The summed E-state index contributed by atoms with van der Waals surface area (Å²) in [6.07, 6.45) is 0. The third kappa shape index (κ3) is 51.8. The summed E-state index contributed by atoms with van der Waals surface area (Å²) in [5, 5.41) is 0. The Labute approximate surface area is 142 Å². The minimum atomic E-state index is -4.61. The first kappa shape index (κ1) is 22.6. The molecule has 0 heterocycles. The van der Waals surface area contributed by atoms with E-state index in [0.29, 0.717) is 0 Å². The van der Waals surface area contributed by atoms with Crippen molar-refractivity contribution in [1.29, 1.82) is 0 Å². The fourth-order valence-corrected chi connectivity index (χ4v) is 0. The maximum atomic E-state index is 7.33. The van der Waals surface area contributed by atoms with Crippen LogP contribution in [0.5, 0.6) is 0 Å². The summed E-state index contributed by atoms with van der Waals surface area (Å²) in [6, 6.07) is 0. The Hall–Kier alpha value is 3.88.